The Kier molecular flexibility index (Phi) is 4.36. The van der Waals surface area contributed by atoms with Crippen LogP contribution in [-0.4, -0.2) is 47.9 Å². The molecule has 1 aliphatic rings. The van der Waals surface area contributed by atoms with Crippen LogP contribution in [0.4, 0.5) is 11.6 Å². The van der Waals surface area contributed by atoms with Crippen LogP contribution in [0.2, 0.25) is 0 Å². The van der Waals surface area contributed by atoms with E-state index >= 15 is 0 Å². The van der Waals surface area contributed by atoms with Crippen molar-refractivity contribution in [1.29, 1.82) is 0 Å². The standard InChI is InChI=1S/C13H22N4O/c1-11(18)9-16(2)12-8-13(15-10-14-12)17-6-4-3-5-7-17/h8,10-11,18H,3-7,9H2,1-2H3. The van der Waals surface area contributed by atoms with E-state index in [9.17, 15) is 5.11 Å². The number of anilines is 2. The van der Waals surface area contributed by atoms with E-state index in [4.69, 9.17) is 0 Å². The van der Waals surface area contributed by atoms with Crippen molar-refractivity contribution in [2.75, 3.05) is 36.5 Å². The lowest BCUT2D eigenvalue weighted by molar-refractivity contribution is 0.201. The van der Waals surface area contributed by atoms with Gasteiger partial charge in [0.25, 0.3) is 0 Å². The minimum absolute atomic E-state index is 0.358. The fourth-order valence-electron chi connectivity index (χ4n) is 2.33. The number of rotatable bonds is 4. The van der Waals surface area contributed by atoms with Crippen LogP contribution in [-0.2, 0) is 0 Å². The Bertz CT molecular complexity index is 377. The molecule has 0 aliphatic carbocycles. The molecule has 2 rings (SSSR count). The molecule has 18 heavy (non-hydrogen) atoms. The molecule has 0 saturated carbocycles. The summed E-state index contributed by atoms with van der Waals surface area (Å²) in [7, 11) is 1.94. The average Bonchev–Trinajstić information content (AvgIpc) is 2.39. The fraction of sp³-hybridized carbons (Fsp3) is 0.692. The maximum absolute atomic E-state index is 9.41. The summed E-state index contributed by atoms with van der Waals surface area (Å²) in [5.74, 6) is 1.86. The second-order valence-corrected chi connectivity index (χ2v) is 5.01. The zero-order valence-electron chi connectivity index (χ0n) is 11.2. The van der Waals surface area contributed by atoms with Gasteiger partial charge in [-0.3, -0.25) is 0 Å². The lowest BCUT2D eigenvalue weighted by Crippen LogP contribution is -2.31. The number of aromatic nitrogens is 2. The lowest BCUT2D eigenvalue weighted by atomic mass is 10.1. The topological polar surface area (TPSA) is 52.5 Å². The number of aliphatic hydroxyl groups excluding tert-OH is 1. The lowest BCUT2D eigenvalue weighted by Gasteiger charge is -2.28. The van der Waals surface area contributed by atoms with E-state index in [1.807, 2.05) is 18.0 Å². The van der Waals surface area contributed by atoms with E-state index in [1.165, 1.54) is 19.3 Å². The monoisotopic (exact) mass is 250 g/mol. The molecule has 1 atom stereocenters. The number of piperidine rings is 1. The molecule has 0 spiro atoms. The van der Waals surface area contributed by atoms with Gasteiger partial charge in [-0.15, -0.1) is 0 Å². The molecule has 1 aromatic heterocycles. The normalized spacial score (nSPS) is 17.6. The molecule has 1 N–H and O–H groups in total. The summed E-state index contributed by atoms with van der Waals surface area (Å²) < 4.78 is 0. The molecule has 0 amide bonds. The summed E-state index contributed by atoms with van der Waals surface area (Å²) in [5.41, 5.74) is 0. The van der Waals surface area contributed by atoms with E-state index in [2.05, 4.69) is 14.9 Å². The molecule has 1 saturated heterocycles. The number of hydrogen-bond acceptors (Lipinski definition) is 5. The van der Waals surface area contributed by atoms with Crippen molar-refractivity contribution in [2.45, 2.75) is 32.3 Å². The van der Waals surface area contributed by atoms with Crippen molar-refractivity contribution < 1.29 is 5.11 Å². The molecule has 5 nitrogen and oxygen atoms in total. The van der Waals surface area contributed by atoms with Crippen molar-refractivity contribution in [3.63, 3.8) is 0 Å². The van der Waals surface area contributed by atoms with Gasteiger partial charge in [-0.1, -0.05) is 0 Å². The third kappa shape index (κ3) is 3.32. The Morgan fingerprint density at radius 3 is 2.72 bits per heavy atom. The second kappa shape index (κ2) is 6.00. The van der Waals surface area contributed by atoms with Gasteiger partial charge in [0, 0.05) is 32.7 Å². The Morgan fingerprint density at radius 2 is 2.06 bits per heavy atom. The van der Waals surface area contributed by atoms with Gasteiger partial charge in [0.1, 0.15) is 18.0 Å². The van der Waals surface area contributed by atoms with Crippen LogP contribution in [0.1, 0.15) is 26.2 Å². The highest BCUT2D eigenvalue weighted by Crippen LogP contribution is 2.20. The third-order valence-electron chi connectivity index (χ3n) is 3.25. The van der Waals surface area contributed by atoms with Gasteiger partial charge in [-0.2, -0.15) is 0 Å². The second-order valence-electron chi connectivity index (χ2n) is 5.01. The van der Waals surface area contributed by atoms with Crippen molar-refractivity contribution in [2.24, 2.45) is 0 Å². The van der Waals surface area contributed by atoms with Gasteiger partial charge < -0.3 is 14.9 Å². The van der Waals surface area contributed by atoms with E-state index < -0.39 is 0 Å². The highest BCUT2D eigenvalue weighted by molar-refractivity contribution is 5.49. The maximum Gasteiger partial charge on any atom is 0.134 e. The van der Waals surface area contributed by atoms with Crippen LogP contribution < -0.4 is 9.80 Å². The van der Waals surface area contributed by atoms with E-state index in [0.29, 0.717) is 6.54 Å². The largest absolute Gasteiger partial charge is 0.392 e. The van der Waals surface area contributed by atoms with Gasteiger partial charge in [-0.05, 0) is 26.2 Å². The van der Waals surface area contributed by atoms with Crippen LogP contribution in [0, 0.1) is 0 Å². The first-order valence-electron chi connectivity index (χ1n) is 6.63. The van der Waals surface area contributed by atoms with Gasteiger partial charge in [0.05, 0.1) is 6.10 Å². The molecular weight excluding hydrogens is 228 g/mol. The molecule has 1 aliphatic heterocycles. The Morgan fingerprint density at radius 1 is 1.33 bits per heavy atom. The third-order valence-corrected chi connectivity index (χ3v) is 3.25. The van der Waals surface area contributed by atoms with Crippen LogP contribution in [0.25, 0.3) is 0 Å². The van der Waals surface area contributed by atoms with Crippen molar-refractivity contribution in [3.8, 4) is 0 Å². The first-order chi connectivity index (χ1) is 8.66. The van der Waals surface area contributed by atoms with Gasteiger partial charge in [-0.25, -0.2) is 9.97 Å². The number of aliphatic hydroxyl groups is 1. The molecule has 5 heteroatoms. The zero-order valence-corrected chi connectivity index (χ0v) is 11.2. The number of nitrogens with zero attached hydrogens (tertiary/aromatic N) is 4. The van der Waals surface area contributed by atoms with Gasteiger partial charge >= 0.3 is 0 Å². The highest BCUT2D eigenvalue weighted by atomic mass is 16.3. The van der Waals surface area contributed by atoms with E-state index in [-0.39, 0.29) is 6.10 Å². The molecule has 0 bridgehead atoms. The summed E-state index contributed by atoms with van der Waals surface area (Å²) in [6, 6.07) is 2.01. The van der Waals surface area contributed by atoms with Crippen LogP contribution in [0.5, 0.6) is 0 Å². The smallest absolute Gasteiger partial charge is 0.134 e. The Hall–Kier alpha value is -1.36. The minimum atomic E-state index is -0.358. The highest BCUT2D eigenvalue weighted by Gasteiger charge is 2.14. The van der Waals surface area contributed by atoms with Crippen molar-refractivity contribution in [3.05, 3.63) is 12.4 Å². The molecular formula is C13H22N4O. The summed E-state index contributed by atoms with van der Waals surface area (Å²) in [6.07, 6.45) is 5.04. The fourth-order valence-corrected chi connectivity index (χ4v) is 2.33. The first-order valence-corrected chi connectivity index (χ1v) is 6.63. The Balaban J connectivity index is 2.08. The van der Waals surface area contributed by atoms with Gasteiger partial charge in [0.2, 0.25) is 0 Å². The summed E-state index contributed by atoms with van der Waals surface area (Å²) in [5, 5.41) is 9.41. The minimum Gasteiger partial charge on any atom is -0.392 e. The molecule has 1 fully saturated rings. The van der Waals surface area contributed by atoms with Crippen LogP contribution >= 0.6 is 0 Å². The number of hydrogen-bond donors (Lipinski definition) is 1. The summed E-state index contributed by atoms with van der Waals surface area (Å²) >= 11 is 0. The van der Waals surface area contributed by atoms with Crippen molar-refractivity contribution >= 4 is 11.6 Å². The first kappa shape index (κ1) is 13.1. The Labute approximate surface area is 108 Å². The van der Waals surface area contributed by atoms with Gasteiger partial charge in [0.15, 0.2) is 0 Å². The SMILES string of the molecule is CC(O)CN(C)c1cc(N2CCCCC2)ncn1. The number of likely N-dealkylation sites (N-methyl/N-ethyl adjacent to an activating group) is 1. The molecule has 1 unspecified atom stereocenters. The van der Waals surface area contributed by atoms with E-state index in [0.717, 1.165) is 24.7 Å². The molecule has 0 radical (unpaired) electrons. The quantitative estimate of drug-likeness (QED) is 0.872. The zero-order chi connectivity index (χ0) is 13.0. The molecule has 0 aromatic carbocycles. The van der Waals surface area contributed by atoms with Crippen LogP contribution in [0.15, 0.2) is 12.4 Å². The molecule has 100 valence electrons. The predicted molar refractivity (Wildman–Crippen MR) is 73.0 cm³/mol. The maximum atomic E-state index is 9.41. The molecule has 2 heterocycles. The van der Waals surface area contributed by atoms with E-state index in [1.54, 1.807) is 13.3 Å². The average molecular weight is 250 g/mol. The molecule has 1 aromatic rings. The van der Waals surface area contributed by atoms with Crippen molar-refractivity contribution in [1.82, 2.24) is 9.97 Å². The summed E-state index contributed by atoms with van der Waals surface area (Å²) in [4.78, 5) is 12.9. The predicted octanol–water partition coefficient (Wildman–Crippen LogP) is 1.28. The summed E-state index contributed by atoms with van der Waals surface area (Å²) in [6.45, 7) is 4.52. The van der Waals surface area contributed by atoms with Crippen LogP contribution in [0.3, 0.4) is 0 Å².